The third kappa shape index (κ3) is 4.36. The first-order valence-corrected chi connectivity index (χ1v) is 12.1. The van der Waals surface area contributed by atoms with Gasteiger partial charge in [0.15, 0.2) is 4.34 Å². The number of carbonyl (C=O) groups is 1. The van der Waals surface area contributed by atoms with Crippen LogP contribution in [0.4, 0.5) is 5.13 Å². The maximum atomic E-state index is 13.1. The van der Waals surface area contributed by atoms with Gasteiger partial charge in [-0.2, -0.15) is 0 Å². The first kappa shape index (κ1) is 20.8. The summed E-state index contributed by atoms with van der Waals surface area (Å²) in [6, 6.07) is 0. The number of halogens is 1. The maximum Gasteiger partial charge on any atom is 0.232 e. The highest BCUT2D eigenvalue weighted by Gasteiger charge is 2.54. The molecule has 0 unspecified atom stereocenters. The molecule has 9 heteroatoms. The van der Waals surface area contributed by atoms with Crippen LogP contribution in [0.3, 0.4) is 0 Å². The Kier molecular flexibility index (Phi) is 6.52. The molecule has 0 aromatic carbocycles. The molecule has 4 bridgehead atoms. The molecule has 2 heterocycles. The van der Waals surface area contributed by atoms with Crippen LogP contribution in [-0.4, -0.2) is 59.6 Å². The van der Waals surface area contributed by atoms with E-state index in [-0.39, 0.29) is 23.7 Å². The van der Waals surface area contributed by atoms with Crippen LogP contribution in [0.15, 0.2) is 4.34 Å². The third-order valence-corrected chi connectivity index (χ3v) is 8.84. The molecule has 4 aliphatic carbocycles. The molecular formula is C19H29ClN4O2S2. The lowest BCUT2D eigenvalue weighted by Crippen LogP contribution is -2.51. The molecule has 0 radical (unpaired) electrons. The molecule has 5 aliphatic rings. The predicted octanol–water partition coefficient (Wildman–Crippen LogP) is 3.54. The zero-order valence-corrected chi connectivity index (χ0v) is 18.5. The number of anilines is 1. The molecular weight excluding hydrogens is 416 g/mol. The Bertz CT molecular complexity index is 660. The summed E-state index contributed by atoms with van der Waals surface area (Å²) in [5.74, 6) is 3.55. The van der Waals surface area contributed by atoms with Crippen molar-refractivity contribution in [2.45, 2.75) is 42.9 Å². The van der Waals surface area contributed by atoms with Gasteiger partial charge in [-0.1, -0.05) is 23.1 Å². The summed E-state index contributed by atoms with van der Waals surface area (Å²) >= 11 is 3.25. The molecule has 6 rings (SSSR count). The van der Waals surface area contributed by atoms with Crippen LogP contribution < -0.4 is 5.32 Å². The normalized spacial score (nSPS) is 34.2. The standard InChI is InChI=1S/C19H28N4O2S2.ClH/c24-16(19-10-13-7-14(11-19)9-15(8-13)12-19)20-17-21-22-18(27-17)26-6-3-23-1-4-25-5-2-23;/h13-15H,1-12H2,(H,20,21,24);1H. The highest BCUT2D eigenvalue weighted by Crippen LogP contribution is 2.60. The Labute approximate surface area is 181 Å². The summed E-state index contributed by atoms with van der Waals surface area (Å²) in [7, 11) is 0. The molecule has 1 N–H and O–H groups in total. The molecule has 1 aromatic heterocycles. The molecule has 5 fully saturated rings. The van der Waals surface area contributed by atoms with E-state index in [9.17, 15) is 4.79 Å². The number of carbonyl (C=O) groups excluding carboxylic acids is 1. The second-order valence-corrected chi connectivity index (χ2v) is 11.1. The number of nitrogens with zero attached hydrogens (tertiary/aromatic N) is 3. The Morgan fingerprint density at radius 2 is 1.79 bits per heavy atom. The van der Waals surface area contributed by atoms with E-state index in [1.165, 1.54) is 30.6 Å². The molecule has 4 saturated carbocycles. The second kappa shape index (κ2) is 8.76. The molecule has 0 atom stereocenters. The van der Waals surface area contributed by atoms with Gasteiger partial charge in [0.05, 0.1) is 18.6 Å². The fraction of sp³-hybridized carbons (Fsp3) is 0.842. The number of hydrogen-bond donors (Lipinski definition) is 1. The number of rotatable bonds is 6. The van der Waals surface area contributed by atoms with Gasteiger partial charge in [0.25, 0.3) is 0 Å². The van der Waals surface area contributed by atoms with E-state index in [0.717, 1.165) is 80.0 Å². The number of hydrogen-bond acceptors (Lipinski definition) is 7. The number of thioether (sulfide) groups is 1. The average Bonchev–Trinajstić information content (AvgIpc) is 3.09. The third-order valence-electron chi connectivity index (χ3n) is 6.88. The molecule has 1 aliphatic heterocycles. The fourth-order valence-corrected chi connectivity index (χ4v) is 7.84. The van der Waals surface area contributed by atoms with E-state index in [1.807, 2.05) is 0 Å². The number of ether oxygens (including phenoxy) is 1. The van der Waals surface area contributed by atoms with Crippen molar-refractivity contribution in [3.63, 3.8) is 0 Å². The van der Waals surface area contributed by atoms with Gasteiger partial charge in [0, 0.05) is 25.4 Å². The van der Waals surface area contributed by atoms with Gasteiger partial charge in [-0.3, -0.25) is 9.69 Å². The zero-order chi connectivity index (χ0) is 18.3. The van der Waals surface area contributed by atoms with Crippen LogP contribution in [0.1, 0.15) is 38.5 Å². The van der Waals surface area contributed by atoms with Crippen molar-refractivity contribution in [2.24, 2.45) is 23.2 Å². The predicted molar refractivity (Wildman–Crippen MR) is 114 cm³/mol. The molecule has 156 valence electrons. The lowest BCUT2D eigenvalue weighted by atomic mass is 9.49. The molecule has 1 amide bonds. The highest BCUT2D eigenvalue weighted by atomic mass is 35.5. The molecule has 0 spiro atoms. The second-order valence-electron chi connectivity index (χ2n) is 8.83. The van der Waals surface area contributed by atoms with E-state index in [2.05, 4.69) is 20.4 Å². The summed E-state index contributed by atoms with van der Waals surface area (Å²) < 4.78 is 6.33. The first-order valence-electron chi connectivity index (χ1n) is 10.3. The van der Waals surface area contributed by atoms with Crippen LogP contribution in [-0.2, 0) is 9.53 Å². The summed E-state index contributed by atoms with van der Waals surface area (Å²) in [5, 5.41) is 12.3. The molecule has 6 nitrogen and oxygen atoms in total. The maximum absolute atomic E-state index is 13.1. The van der Waals surface area contributed by atoms with Gasteiger partial charge < -0.3 is 10.1 Å². The van der Waals surface area contributed by atoms with Gasteiger partial charge in [-0.05, 0) is 56.3 Å². The Balaban J connectivity index is 0.00000192. The minimum atomic E-state index is -0.121. The monoisotopic (exact) mass is 444 g/mol. The van der Waals surface area contributed by atoms with Gasteiger partial charge in [-0.25, -0.2) is 0 Å². The SMILES string of the molecule is Cl.O=C(Nc1nnc(SCCN2CCOCC2)s1)C12CC3CC(CC(C3)C1)C2. The van der Waals surface area contributed by atoms with E-state index in [4.69, 9.17) is 4.74 Å². The number of amides is 1. The number of nitrogens with one attached hydrogen (secondary N) is 1. The van der Waals surface area contributed by atoms with Gasteiger partial charge >= 0.3 is 0 Å². The van der Waals surface area contributed by atoms with Crippen LogP contribution in [0.25, 0.3) is 0 Å². The largest absolute Gasteiger partial charge is 0.379 e. The van der Waals surface area contributed by atoms with E-state index < -0.39 is 0 Å². The van der Waals surface area contributed by atoms with Crippen molar-refractivity contribution >= 4 is 46.5 Å². The minimum Gasteiger partial charge on any atom is -0.379 e. The first-order chi connectivity index (χ1) is 13.2. The van der Waals surface area contributed by atoms with Crippen molar-refractivity contribution in [3.8, 4) is 0 Å². The van der Waals surface area contributed by atoms with Crippen molar-refractivity contribution in [1.29, 1.82) is 0 Å². The Hall–Kier alpha value is -0.410. The lowest BCUT2D eigenvalue weighted by molar-refractivity contribution is -0.140. The molecule has 28 heavy (non-hydrogen) atoms. The number of morpholine rings is 1. The lowest BCUT2D eigenvalue weighted by Gasteiger charge is -2.55. The quantitative estimate of drug-likeness (QED) is 0.534. The topological polar surface area (TPSA) is 67.4 Å². The van der Waals surface area contributed by atoms with E-state index >= 15 is 0 Å². The van der Waals surface area contributed by atoms with Gasteiger partial charge in [0.2, 0.25) is 11.0 Å². The van der Waals surface area contributed by atoms with Crippen molar-refractivity contribution < 1.29 is 9.53 Å². The van der Waals surface area contributed by atoms with Crippen molar-refractivity contribution in [1.82, 2.24) is 15.1 Å². The van der Waals surface area contributed by atoms with Crippen LogP contribution in [0, 0.1) is 23.2 Å². The molecule has 1 aromatic rings. The summed E-state index contributed by atoms with van der Waals surface area (Å²) in [4.78, 5) is 15.5. The van der Waals surface area contributed by atoms with E-state index in [0.29, 0.717) is 5.13 Å². The Morgan fingerprint density at radius 3 is 2.43 bits per heavy atom. The summed E-state index contributed by atoms with van der Waals surface area (Å²) in [6.07, 6.45) is 7.33. The van der Waals surface area contributed by atoms with Crippen molar-refractivity contribution in [3.05, 3.63) is 0 Å². The minimum absolute atomic E-state index is 0. The number of aromatic nitrogens is 2. The van der Waals surface area contributed by atoms with Gasteiger partial charge in [-0.15, -0.1) is 22.6 Å². The van der Waals surface area contributed by atoms with E-state index in [1.54, 1.807) is 11.8 Å². The smallest absolute Gasteiger partial charge is 0.232 e. The average molecular weight is 445 g/mol. The van der Waals surface area contributed by atoms with Gasteiger partial charge in [0.1, 0.15) is 0 Å². The van der Waals surface area contributed by atoms with Crippen LogP contribution in [0.2, 0.25) is 0 Å². The molecule has 1 saturated heterocycles. The fourth-order valence-electron chi connectivity index (χ4n) is 6.02. The zero-order valence-electron chi connectivity index (χ0n) is 16.1. The van der Waals surface area contributed by atoms with Crippen LogP contribution >= 0.6 is 35.5 Å². The Morgan fingerprint density at radius 1 is 1.14 bits per heavy atom. The summed E-state index contributed by atoms with van der Waals surface area (Å²) in [6.45, 7) is 4.75. The van der Waals surface area contributed by atoms with Crippen molar-refractivity contribution in [2.75, 3.05) is 43.9 Å². The highest BCUT2D eigenvalue weighted by molar-refractivity contribution is 8.01. The van der Waals surface area contributed by atoms with Crippen LogP contribution in [0.5, 0.6) is 0 Å². The summed E-state index contributed by atoms with van der Waals surface area (Å²) in [5.41, 5.74) is -0.121.